The van der Waals surface area contributed by atoms with Crippen LogP contribution in [0, 0.1) is 11.6 Å². The molecule has 106 valence electrons. The Kier molecular flexibility index (Phi) is 3.83. The molecule has 6 heteroatoms. The Balaban J connectivity index is 2.51. The van der Waals surface area contributed by atoms with Gasteiger partial charge in [0.2, 0.25) is 0 Å². The Hall–Kier alpha value is -2.24. The van der Waals surface area contributed by atoms with Crippen LogP contribution in [0.4, 0.5) is 8.78 Å². The van der Waals surface area contributed by atoms with Crippen LogP contribution in [0.15, 0.2) is 18.3 Å². The molecule has 2 aromatic rings. The number of aromatic amines is 1. The summed E-state index contributed by atoms with van der Waals surface area (Å²) >= 11 is 0. The lowest BCUT2D eigenvalue weighted by molar-refractivity contribution is -0.126. The molecule has 4 nitrogen and oxygen atoms in total. The van der Waals surface area contributed by atoms with Crippen LogP contribution in [0.5, 0.6) is 0 Å². The molecule has 0 radical (unpaired) electrons. The fourth-order valence-corrected chi connectivity index (χ4v) is 2.11. The van der Waals surface area contributed by atoms with Gasteiger partial charge in [-0.3, -0.25) is 9.59 Å². The first kappa shape index (κ1) is 14.2. The number of carbonyl (C=O) groups is 2. The zero-order valence-corrected chi connectivity index (χ0v) is 11.2. The highest BCUT2D eigenvalue weighted by molar-refractivity contribution is 6.44. The number of hydrogen-bond acceptors (Lipinski definition) is 2. The third kappa shape index (κ3) is 2.17. The molecule has 0 spiro atoms. The van der Waals surface area contributed by atoms with E-state index in [0.717, 1.165) is 6.07 Å². The Labute approximate surface area is 114 Å². The highest BCUT2D eigenvalue weighted by atomic mass is 19.2. The minimum atomic E-state index is -1.13. The molecule has 1 N–H and O–H groups in total. The van der Waals surface area contributed by atoms with Gasteiger partial charge in [-0.15, -0.1) is 0 Å². The number of likely N-dealkylation sites (N-methyl/N-ethyl adjacent to an activating group) is 1. The van der Waals surface area contributed by atoms with E-state index in [1.807, 2.05) is 0 Å². The summed E-state index contributed by atoms with van der Waals surface area (Å²) in [6.45, 7) is 4.23. The molecule has 0 saturated carbocycles. The van der Waals surface area contributed by atoms with Gasteiger partial charge in [0.25, 0.3) is 11.7 Å². The summed E-state index contributed by atoms with van der Waals surface area (Å²) < 4.78 is 27.1. The molecule has 0 aliphatic carbocycles. The van der Waals surface area contributed by atoms with Gasteiger partial charge in [0, 0.05) is 30.2 Å². The van der Waals surface area contributed by atoms with E-state index in [0.29, 0.717) is 13.1 Å². The Bertz CT molecular complexity index is 675. The van der Waals surface area contributed by atoms with Gasteiger partial charge in [0.1, 0.15) is 0 Å². The fourth-order valence-electron chi connectivity index (χ4n) is 2.11. The van der Waals surface area contributed by atoms with E-state index < -0.39 is 23.3 Å². The van der Waals surface area contributed by atoms with Crippen molar-refractivity contribution in [2.45, 2.75) is 13.8 Å². The van der Waals surface area contributed by atoms with Crippen molar-refractivity contribution in [3.05, 3.63) is 35.5 Å². The second-order valence-corrected chi connectivity index (χ2v) is 4.29. The monoisotopic (exact) mass is 280 g/mol. The van der Waals surface area contributed by atoms with Crippen LogP contribution in [0.25, 0.3) is 10.9 Å². The number of rotatable bonds is 4. The summed E-state index contributed by atoms with van der Waals surface area (Å²) in [4.78, 5) is 28.1. The normalized spacial score (nSPS) is 10.8. The maximum atomic E-state index is 13.8. The predicted molar refractivity (Wildman–Crippen MR) is 70.5 cm³/mol. The maximum absolute atomic E-state index is 13.8. The number of H-pyrrole nitrogens is 1. The summed E-state index contributed by atoms with van der Waals surface area (Å²) in [6, 6.07) is 2.29. The topological polar surface area (TPSA) is 53.2 Å². The van der Waals surface area contributed by atoms with Crippen molar-refractivity contribution in [1.29, 1.82) is 0 Å². The van der Waals surface area contributed by atoms with Crippen LogP contribution in [0.3, 0.4) is 0 Å². The van der Waals surface area contributed by atoms with Crippen LogP contribution < -0.4 is 0 Å². The molecule has 0 aliphatic rings. The third-order valence-corrected chi connectivity index (χ3v) is 3.23. The molecule has 1 aromatic heterocycles. The number of ketones is 1. The predicted octanol–water partition coefficient (Wildman–Crippen LogP) is 2.50. The Morgan fingerprint density at radius 3 is 2.45 bits per heavy atom. The number of nitrogens with one attached hydrogen (secondary N) is 1. The summed E-state index contributed by atoms with van der Waals surface area (Å²) in [6.07, 6.45) is 1.23. The van der Waals surface area contributed by atoms with E-state index in [1.54, 1.807) is 13.8 Å². The number of aromatic nitrogens is 1. The van der Waals surface area contributed by atoms with E-state index >= 15 is 0 Å². The largest absolute Gasteiger partial charge is 0.360 e. The van der Waals surface area contributed by atoms with Crippen molar-refractivity contribution >= 4 is 22.6 Å². The number of nitrogens with zero attached hydrogens (tertiary/aromatic N) is 1. The number of amides is 1. The fraction of sp³-hybridized carbons (Fsp3) is 0.286. The van der Waals surface area contributed by atoms with Crippen LogP contribution in [-0.2, 0) is 4.79 Å². The molecule has 1 amide bonds. The van der Waals surface area contributed by atoms with Crippen molar-refractivity contribution in [1.82, 2.24) is 9.88 Å². The number of Topliss-reactive ketones (excluding diaryl/α,β-unsaturated/α-hetero) is 1. The highest BCUT2D eigenvalue weighted by Crippen LogP contribution is 2.24. The van der Waals surface area contributed by atoms with Gasteiger partial charge in [0.15, 0.2) is 11.6 Å². The maximum Gasteiger partial charge on any atom is 0.295 e. The van der Waals surface area contributed by atoms with E-state index in [9.17, 15) is 18.4 Å². The summed E-state index contributed by atoms with van der Waals surface area (Å²) in [5.41, 5.74) is 0.133. The molecule has 1 aromatic carbocycles. The molecule has 0 unspecified atom stereocenters. The van der Waals surface area contributed by atoms with Gasteiger partial charge in [-0.25, -0.2) is 8.78 Å². The molecule has 0 saturated heterocycles. The van der Waals surface area contributed by atoms with Gasteiger partial charge >= 0.3 is 0 Å². The number of fused-ring (bicyclic) bond motifs is 1. The van der Waals surface area contributed by atoms with E-state index in [1.165, 1.54) is 17.2 Å². The van der Waals surface area contributed by atoms with Gasteiger partial charge in [-0.05, 0) is 26.0 Å². The van der Waals surface area contributed by atoms with Gasteiger partial charge in [-0.1, -0.05) is 0 Å². The number of halogens is 2. The SMILES string of the molecule is CCN(CC)C(=O)C(=O)c1c[nH]c2ccc(F)c(F)c12. The van der Waals surface area contributed by atoms with Crippen molar-refractivity contribution in [3.8, 4) is 0 Å². The molecule has 0 aliphatic heterocycles. The van der Waals surface area contributed by atoms with E-state index in [-0.39, 0.29) is 16.5 Å². The molecule has 0 atom stereocenters. The van der Waals surface area contributed by atoms with Crippen LogP contribution in [0.1, 0.15) is 24.2 Å². The quantitative estimate of drug-likeness (QED) is 0.691. The molecular weight excluding hydrogens is 266 g/mol. The Morgan fingerprint density at radius 1 is 1.20 bits per heavy atom. The average Bonchev–Trinajstić information content (AvgIpc) is 2.88. The van der Waals surface area contributed by atoms with Crippen LogP contribution in [0.2, 0.25) is 0 Å². The van der Waals surface area contributed by atoms with E-state index in [4.69, 9.17) is 0 Å². The smallest absolute Gasteiger partial charge is 0.295 e. The van der Waals surface area contributed by atoms with Gasteiger partial charge in [-0.2, -0.15) is 0 Å². The van der Waals surface area contributed by atoms with Crippen molar-refractivity contribution < 1.29 is 18.4 Å². The zero-order valence-electron chi connectivity index (χ0n) is 11.2. The molecule has 0 bridgehead atoms. The minimum Gasteiger partial charge on any atom is -0.360 e. The highest BCUT2D eigenvalue weighted by Gasteiger charge is 2.25. The third-order valence-electron chi connectivity index (χ3n) is 3.23. The van der Waals surface area contributed by atoms with Gasteiger partial charge < -0.3 is 9.88 Å². The molecule has 0 fully saturated rings. The number of hydrogen-bond donors (Lipinski definition) is 1. The summed E-state index contributed by atoms with van der Waals surface area (Å²) in [5, 5.41) is -0.185. The second kappa shape index (κ2) is 5.40. The van der Waals surface area contributed by atoms with Crippen molar-refractivity contribution in [2.24, 2.45) is 0 Å². The number of carbonyl (C=O) groups excluding carboxylic acids is 2. The number of benzene rings is 1. The lowest BCUT2D eigenvalue weighted by Crippen LogP contribution is -2.36. The standard InChI is InChI=1S/C14H14F2N2O2/c1-3-18(4-2)14(20)13(19)8-7-17-10-6-5-9(15)12(16)11(8)10/h5-7,17H,3-4H2,1-2H3. The first-order valence-corrected chi connectivity index (χ1v) is 6.29. The lowest BCUT2D eigenvalue weighted by atomic mass is 10.1. The van der Waals surface area contributed by atoms with Crippen molar-refractivity contribution in [2.75, 3.05) is 13.1 Å². The van der Waals surface area contributed by atoms with Crippen molar-refractivity contribution in [3.63, 3.8) is 0 Å². The van der Waals surface area contributed by atoms with Crippen LogP contribution >= 0.6 is 0 Å². The second-order valence-electron chi connectivity index (χ2n) is 4.29. The molecule has 20 heavy (non-hydrogen) atoms. The van der Waals surface area contributed by atoms with E-state index in [2.05, 4.69) is 4.98 Å². The first-order chi connectivity index (χ1) is 9.51. The lowest BCUT2D eigenvalue weighted by Gasteiger charge is -2.17. The Morgan fingerprint density at radius 2 is 1.85 bits per heavy atom. The summed E-state index contributed by atoms with van der Waals surface area (Å²) in [7, 11) is 0. The molecular formula is C14H14F2N2O2. The minimum absolute atomic E-state index is 0.145. The van der Waals surface area contributed by atoms with Crippen LogP contribution in [-0.4, -0.2) is 34.7 Å². The molecule has 2 rings (SSSR count). The first-order valence-electron chi connectivity index (χ1n) is 6.29. The van der Waals surface area contributed by atoms with Gasteiger partial charge in [0.05, 0.1) is 5.56 Å². The zero-order chi connectivity index (χ0) is 14.9. The summed E-state index contributed by atoms with van der Waals surface area (Å²) in [5.74, 6) is -3.75. The average molecular weight is 280 g/mol. The molecule has 1 heterocycles.